The van der Waals surface area contributed by atoms with Gasteiger partial charge in [-0.15, -0.1) is 0 Å². The number of carbonyl (C=O) groups excluding carboxylic acids is 2. The number of aliphatic carboxylic acids is 1. The van der Waals surface area contributed by atoms with E-state index >= 15 is 0 Å². The Morgan fingerprint density at radius 2 is 1.74 bits per heavy atom. The number of rotatable bonds is 8. The number of carboxylic acids is 1. The minimum atomic E-state index is -1.21. The lowest BCUT2D eigenvalue weighted by molar-refractivity contribution is -0.149. The van der Waals surface area contributed by atoms with Crippen molar-refractivity contribution in [2.45, 2.75) is 44.7 Å². The van der Waals surface area contributed by atoms with Crippen LogP contribution in [0, 0.1) is 5.41 Å². The van der Waals surface area contributed by atoms with Gasteiger partial charge in [0.1, 0.15) is 18.1 Å². The van der Waals surface area contributed by atoms with Crippen LogP contribution in [-0.4, -0.2) is 55.0 Å². The summed E-state index contributed by atoms with van der Waals surface area (Å²) in [5.41, 5.74) is 3.27. The van der Waals surface area contributed by atoms with Crippen molar-refractivity contribution in [1.29, 1.82) is 0 Å². The summed E-state index contributed by atoms with van der Waals surface area (Å²) in [5, 5.41) is 14.9. The Morgan fingerprint density at radius 1 is 1.12 bits per heavy atom. The molecule has 0 saturated carbocycles. The maximum absolute atomic E-state index is 12.9. The first kappa shape index (κ1) is 23.8. The lowest BCUT2D eigenvalue weighted by atomic mass is 9.85. The molecular formula is C26H30N2O6. The quantitative estimate of drug-likeness (QED) is 0.550. The molecule has 3 N–H and O–H groups in total. The topological polar surface area (TPSA) is 114 Å². The van der Waals surface area contributed by atoms with Crippen LogP contribution < -0.4 is 10.6 Å². The number of alkyl carbamates (subject to hydrolysis) is 1. The summed E-state index contributed by atoms with van der Waals surface area (Å²) in [7, 11) is 0. The van der Waals surface area contributed by atoms with Gasteiger partial charge in [0.2, 0.25) is 5.91 Å². The van der Waals surface area contributed by atoms with E-state index in [-0.39, 0.29) is 25.7 Å². The molecule has 3 atom stereocenters. The van der Waals surface area contributed by atoms with E-state index < -0.39 is 35.5 Å². The van der Waals surface area contributed by atoms with Gasteiger partial charge in [-0.3, -0.25) is 9.59 Å². The van der Waals surface area contributed by atoms with Crippen molar-refractivity contribution >= 4 is 18.0 Å². The highest BCUT2D eigenvalue weighted by molar-refractivity contribution is 5.87. The van der Waals surface area contributed by atoms with E-state index in [0.29, 0.717) is 12.8 Å². The molecule has 0 aromatic heterocycles. The summed E-state index contributed by atoms with van der Waals surface area (Å²) in [6.45, 7) is 3.72. The van der Waals surface area contributed by atoms with Crippen LogP contribution >= 0.6 is 0 Å². The molecule has 0 radical (unpaired) electrons. The molecule has 2 aliphatic rings. The Kier molecular flexibility index (Phi) is 6.88. The molecule has 4 rings (SSSR count). The largest absolute Gasteiger partial charge is 0.481 e. The van der Waals surface area contributed by atoms with Gasteiger partial charge in [0.15, 0.2) is 0 Å². The molecule has 2 amide bonds. The molecule has 1 saturated heterocycles. The average molecular weight is 467 g/mol. The molecule has 8 nitrogen and oxygen atoms in total. The number of hydrogen-bond donors (Lipinski definition) is 3. The van der Waals surface area contributed by atoms with Gasteiger partial charge in [-0.05, 0) is 35.6 Å². The highest BCUT2D eigenvalue weighted by atomic mass is 16.5. The lowest BCUT2D eigenvalue weighted by Gasteiger charge is -2.27. The Bertz CT molecular complexity index is 1040. The molecule has 180 valence electrons. The molecule has 1 aliphatic carbocycles. The van der Waals surface area contributed by atoms with E-state index in [4.69, 9.17) is 9.47 Å². The van der Waals surface area contributed by atoms with Gasteiger partial charge in [-0.25, -0.2) is 4.79 Å². The first-order chi connectivity index (χ1) is 16.3. The van der Waals surface area contributed by atoms with Crippen molar-refractivity contribution in [3.63, 3.8) is 0 Å². The van der Waals surface area contributed by atoms with Crippen LogP contribution in [0.2, 0.25) is 0 Å². The van der Waals surface area contributed by atoms with Crippen LogP contribution in [0.15, 0.2) is 48.5 Å². The van der Waals surface area contributed by atoms with Crippen molar-refractivity contribution < 1.29 is 29.0 Å². The Labute approximate surface area is 198 Å². The fourth-order valence-corrected chi connectivity index (χ4v) is 4.70. The normalized spacial score (nSPS) is 21.9. The molecule has 1 fully saturated rings. The van der Waals surface area contributed by atoms with Crippen LogP contribution in [0.25, 0.3) is 11.1 Å². The lowest BCUT2D eigenvalue weighted by Crippen LogP contribution is -2.55. The molecular weight excluding hydrogens is 436 g/mol. The first-order valence-corrected chi connectivity index (χ1v) is 11.6. The monoisotopic (exact) mass is 466 g/mol. The maximum atomic E-state index is 12.9. The van der Waals surface area contributed by atoms with E-state index in [1.165, 1.54) is 0 Å². The second kappa shape index (κ2) is 9.85. The SMILES string of the molecule is CCCC(NC(=O)OCC1c2ccccc2-c2ccccc21)C(=O)NC1COCC1(C)C(=O)O. The number of amides is 2. The zero-order chi connectivity index (χ0) is 24.3. The van der Waals surface area contributed by atoms with Crippen LogP contribution in [-0.2, 0) is 19.1 Å². The third-order valence-electron chi connectivity index (χ3n) is 6.79. The van der Waals surface area contributed by atoms with Crippen LogP contribution in [0.3, 0.4) is 0 Å². The molecule has 1 aliphatic heterocycles. The van der Waals surface area contributed by atoms with E-state index in [1.54, 1.807) is 6.92 Å². The molecule has 8 heteroatoms. The van der Waals surface area contributed by atoms with Crippen LogP contribution in [0.5, 0.6) is 0 Å². The van der Waals surface area contributed by atoms with Crippen LogP contribution in [0.4, 0.5) is 4.79 Å². The summed E-state index contributed by atoms with van der Waals surface area (Å²) >= 11 is 0. The minimum Gasteiger partial charge on any atom is -0.481 e. The summed E-state index contributed by atoms with van der Waals surface area (Å²) in [5.74, 6) is -1.56. The second-order valence-corrected chi connectivity index (χ2v) is 9.11. The summed E-state index contributed by atoms with van der Waals surface area (Å²) < 4.78 is 10.9. The maximum Gasteiger partial charge on any atom is 0.407 e. The minimum absolute atomic E-state index is 0.0194. The van der Waals surface area contributed by atoms with Crippen molar-refractivity contribution in [1.82, 2.24) is 10.6 Å². The number of benzene rings is 2. The third-order valence-corrected chi connectivity index (χ3v) is 6.79. The summed E-state index contributed by atoms with van der Waals surface area (Å²) in [6, 6.07) is 14.6. The predicted molar refractivity (Wildman–Crippen MR) is 125 cm³/mol. The van der Waals surface area contributed by atoms with Gasteiger partial charge in [-0.1, -0.05) is 61.9 Å². The fraction of sp³-hybridized carbons (Fsp3) is 0.423. The molecule has 0 bridgehead atoms. The Morgan fingerprint density at radius 3 is 2.32 bits per heavy atom. The molecule has 2 aromatic rings. The van der Waals surface area contributed by atoms with Crippen molar-refractivity contribution in [3.8, 4) is 11.1 Å². The zero-order valence-electron chi connectivity index (χ0n) is 19.4. The Balaban J connectivity index is 1.39. The van der Waals surface area contributed by atoms with Gasteiger partial charge in [0, 0.05) is 5.92 Å². The van der Waals surface area contributed by atoms with E-state index in [2.05, 4.69) is 22.8 Å². The highest BCUT2D eigenvalue weighted by Crippen LogP contribution is 2.44. The van der Waals surface area contributed by atoms with Crippen LogP contribution in [0.1, 0.15) is 43.7 Å². The van der Waals surface area contributed by atoms with Gasteiger partial charge < -0.3 is 25.2 Å². The first-order valence-electron chi connectivity index (χ1n) is 11.6. The number of nitrogens with one attached hydrogen (secondary N) is 2. The molecule has 2 aromatic carbocycles. The number of hydrogen-bond acceptors (Lipinski definition) is 5. The van der Waals surface area contributed by atoms with Crippen molar-refractivity contribution in [3.05, 3.63) is 59.7 Å². The van der Waals surface area contributed by atoms with Gasteiger partial charge in [-0.2, -0.15) is 0 Å². The number of carboxylic acid groups (broad SMARTS) is 1. The van der Waals surface area contributed by atoms with Gasteiger partial charge in [0.25, 0.3) is 0 Å². The van der Waals surface area contributed by atoms with Gasteiger partial charge >= 0.3 is 12.1 Å². The fourth-order valence-electron chi connectivity index (χ4n) is 4.70. The average Bonchev–Trinajstić information content (AvgIpc) is 3.36. The number of fused-ring (bicyclic) bond motifs is 3. The second-order valence-electron chi connectivity index (χ2n) is 9.11. The van der Waals surface area contributed by atoms with Crippen molar-refractivity contribution in [2.24, 2.45) is 5.41 Å². The van der Waals surface area contributed by atoms with E-state index in [1.807, 2.05) is 43.3 Å². The highest BCUT2D eigenvalue weighted by Gasteiger charge is 2.47. The van der Waals surface area contributed by atoms with E-state index in [9.17, 15) is 19.5 Å². The third kappa shape index (κ3) is 4.50. The smallest absolute Gasteiger partial charge is 0.407 e. The van der Waals surface area contributed by atoms with E-state index in [0.717, 1.165) is 22.3 Å². The standard InChI is InChI=1S/C26H30N2O6/c1-3-8-21(23(29)28-22-14-33-15-26(22,2)24(30)31)27-25(32)34-13-20-18-11-6-4-9-16(18)17-10-5-7-12-19(17)20/h4-7,9-12,20-22H,3,8,13-15H2,1-2H3,(H,27,32)(H,28,29)(H,30,31). The Hall–Kier alpha value is -3.39. The number of carbonyl (C=O) groups is 3. The molecule has 0 spiro atoms. The van der Waals surface area contributed by atoms with Gasteiger partial charge in [0.05, 0.1) is 19.3 Å². The summed E-state index contributed by atoms with van der Waals surface area (Å²) in [6.07, 6.45) is 0.367. The molecule has 1 heterocycles. The number of ether oxygens (including phenoxy) is 2. The van der Waals surface area contributed by atoms with Crippen molar-refractivity contribution in [2.75, 3.05) is 19.8 Å². The molecule has 3 unspecified atom stereocenters. The molecule has 34 heavy (non-hydrogen) atoms. The zero-order valence-corrected chi connectivity index (χ0v) is 19.4. The summed E-state index contributed by atoms with van der Waals surface area (Å²) in [4.78, 5) is 37.2. The predicted octanol–water partition coefficient (Wildman–Crippen LogP) is 3.30.